The monoisotopic (exact) mass is 253 g/mol. The first-order valence-electron chi connectivity index (χ1n) is 8.19. The fraction of sp³-hybridized carbons (Fsp3) is 1.00. The molecule has 2 atom stereocenters. The van der Waals surface area contributed by atoms with E-state index in [9.17, 15) is 0 Å². The summed E-state index contributed by atoms with van der Waals surface area (Å²) in [6.45, 7) is 1.02. The van der Waals surface area contributed by atoms with Crippen LogP contribution < -0.4 is 5.32 Å². The van der Waals surface area contributed by atoms with Gasteiger partial charge >= 0.3 is 0 Å². The van der Waals surface area contributed by atoms with Gasteiger partial charge in [0, 0.05) is 12.6 Å². The van der Waals surface area contributed by atoms with Crippen molar-refractivity contribution in [3.05, 3.63) is 0 Å². The molecule has 0 aromatic rings. The van der Waals surface area contributed by atoms with Gasteiger partial charge in [0.25, 0.3) is 0 Å². The van der Waals surface area contributed by atoms with E-state index in [1.807, 2.05) is 0 Å². The lowest BCUT2D eigenvalue weighted by atomic mass is 9.89. The molecule has 0 bridgehead atoms. The summed E-state index contributed by atoms with van der Waals surface area (Å²) in [7, 11) is 2.10. The van der Waals surface area contributed by atoms with Crippen molar-refractivity contribution in [2.45, 2.75) is 82.8 Å². The molecule has 1 N–H and O–H groups in total. The van der Waals surface area contributed by atoms with Crippen molar-refractivity contribution in [3.8, 4) is 0 Å². The zero-order chi connectivity index (χ0) is 12.6. The number of likely N-dealkylation sites (N-methyl/N-ethyl adjacent to an activating group) is 1. The van der Waals surface area contributed by atoms with Gasteiger partial charge in [0.2, 0.25) is 0 Å². The van der Waals surface area contributed by atoms with Crippen LogP contribution in [0, 0.1) is 5.92 Å². The molecule has 0 saturated heterocycles. The molecule has 2 rings (SSSR count). The van der Waals surface area contributed by atoms with Crippen LogP contribution in [-0.2, 0) is 4.74 Å². The molecule has 2 aliphatic rings. The highest BCUT2D eigenvalue weighted by Gasteiger charge is 2.23. The summed E-state index contributed by atoms with van der Waals surface area (Å²) in [6, 6.07) is 0.592. The molecule has 0 aromatic heterocycles. The zero-order valence-corrected chi connectivity index (χ0v) is 12.1. The van der Waals surface area contributed by atoms with E-state index >= 15 is 0 Å². The van der Waals surface area contributed by atoms with Gasteiger partial charge in [-0.1, -0.05) is 44.9 Å². The van der Waals surface area contributed by atoms with Crippen LogP contribution in [0.1, 0.15) is 70.6 Å². The molecular formula is C16H31NO. The van der Waals surface area contributed by atoms with E-state index in [-0.39, 0.29) is 0 Å². The molecule has 0 spiro atoms. The van der Waals surface area contributed by atoms with Crippen LogP contribution in [0.25, 0.3) is 0 Å². The minimum Gasteiger partial charge on any atom is -0.376 e. The van der Waals surface area contributed by atoms with Gasteiger partial charge in [-0.15, -0.1) is 0 Å². The molecule has 0 radical (unpaired) electrons. The van der Waals surface area contributed by atoms with Gasteiger partial charge in [-0.05, 0) is 38.6 Å². The SMILES string of the molecule is CNC1CCCCCCC1OCC1CCCCC1. The predicted octanol–water partition coefficient (Wildman–Crippen LogP) is 3.89. The summed E-state index contributed by atoms with van der Waals surface area (Å²) in [6.07, 6.45) is 15.7. The van der Waals surface area contributed by atoms with Crippen LogP contribution in [0.3, 0.4) is 0 Å². The highest BCUT2D eigenvalue weighted by Crippen LogP contribution is 2.26. The number of nitrogens with one attached hydrogen (secondary N) is 1. The Labute approximate surface area is 113 Å². The van der Waals surface area contributed by atoms with Crippen LogP contribution in [0.4, 0.5) is 0 Å². The van der Waals surface area contributed by atoms with E-state index in [4.69, 9.17) is 4.74 Å². The molecule has 106 valence electrons. The lowest BCUT2D eigenvalue weighted by molar-refractivity contribution is -0.00951. The average Bonchev–Trinajstić information content (AvgIpc) is 2.39. The molecule has 2 fully saturated rings. The zero-order valence-electron chi connectivity index (χ0n) is 12.1. The van der Waals surface area contributed by atoms with Crippen molar-refractivity contribution in [2.24, 2.45) is 5.92 Å². The molecular weight excluding hydrogens is 222 g/mol. The molecule has 0 aliphatic heterocycles. The third-order valence-electron chi connectivity index (χ3n) is 4.84. The quantitative estimate of drug-likeness (QED) is 0.820. The van der Waals surface area contributed by atoms with E-state index in [0.29, 0.717) is 12.1 Å². The Morgan fingerprint density at radius 3 is 2.17 bits per heavy atom. The molecule has 2 nitrogen and oxygen atoms in total. The van der Waals surface area contributed by atoms with Crippen molar-refractivity contribution in [1.29, 1.82) is 0 Å². The van der Waals surface area contributed by atoms with E-state index in [1.54, 1.807) is 0 Å². The first-order valence-corrected chi connectivity index (χ1v) is 8.19. The van der Waals surface area contributed by atoms with Gasteiger partial charge < -0.3 is 10.1 Å². The maximum atomic E-state index is 6.30. The molecule has 2 aliphatic carbocycles. The smallest absolute Gasteiger partial charge is 0.0728 e. The maximum Gasteiger partial charge on any atom is 0.0728 e. The summed E-state index contributed by atoms with van der Waals surface area (Å²) in [5.41, 5.74) is 0. The van der Waals surface area contributed by atoms with Gasteiger partial charge in [0.15, 0.2) is 0 Å². The fourth-order valence-corrected chi connectivity index (χ4v) is 3.59. The number of ether oxygens (including phenoxy) is 1. The van der Waals surface area contributed by atoms with E-state index in [2.05, 4.69) is 12.4 Å². The number of hydrogen-bond donors (Lipinski definition) is 1. The lowest BCUT2D eigenvalue weighted by Gasteiger charge is -2.31. The molecule has 2 unspecified atom stereocenters. The first kappa shape index (κ1) is 14.3. The lowest BCUT2D eigenvalue weighted by Crippen LogP contribution is -2.41. The summed E-state index contributed by atoms with van der Waals surface area (Å²) in [5.74, 6) is 0.849. The Bertz CT molecular complexity index is 213. The average molecular weight is 253 g/mol. The first-order chi connectivity index (χ1) is 8.90. The Morgan fingerprint density at radius 1 is 0.833 bits per heavy atom. The Balaban J connectivity index is 1.75. The topological polar surface area (TPSA) is 21.3 Å². The fourth-order valence-electron chi connectivity index (χ4n) is 3.59. The van der Waals surface area contributed by atoms with Gasteiger partial charge in [0.05, 0.1) is 6.10 Å². The molecule has 18 heavy (non-hydrogen) atoms. The van der Waals surface area contributed by atoms with Gasteiger partial charge in [-0.25, -0.2) is 0 Å². The second-order valence-electron chi connectivity index (χ2n) is 6.26. The summed E-state index contributed by atoms with van der Waals surface area (Å²) in [4.78, 5) is 0. The third kappa shape index (κ3) is 4.55. The third-order valence-corrected chi connectivity index (χ3v) is 4.84. The van der Waals surface area contributed by atoms with Crippen LogP contribution in [0.5, 0.6) is 0 Å². The minimum absolute atomic E-state index is 0.470. The molecule has 0 heterocycles. The maximum absolute atomic E-state index is 6.30. The van der Waals surface area contributed by atoms with E-state index in [0.717, 1.165) is 12.5 Å². The summed E-state index contributed by atoms with van der Waals surface area (Å²) < 4.78 is 6.30. The normalized spacial score (nSPS) is 31.8. The van der Waals surface area contributed by atoms with Crippen molar-refractivity contribution in [3.63, 3.8) is 0 Å². The van der Waals surface area contributed by atoms with E-state index < -0.39 is 0 Å². The Kier molecular flexibility index (Phi) is 6.50. The highest BCUT2D eigenvalue weighted by molar-refractivity contribution is 4.79. The van der Waals surface area contributed by atoms with Crippen LogP contribution in [-0.4, -0.2) is 25.8 Å². The standard InChI is InChI=1S/C16H31NO/c1-17-15-11-7-2-3-8-12-16(15)18-13-14-9-5-4-6-10-14/h14-17H,2-13H2,1H3. The molecule has 2 heteroatoms. The Hall–Kier alpha value is -0.0800. The van der Waals surface area contributed by atoms with Crippen LogP contribution in [0.15, 0.2) is 0 Å². The number of rotatable bonds is 4. The van der Waals surface area contributed by atoms with Gasteiger partial charge in [0.1, 0.15) is 0 Å². The van der Waals surface area contributed by atoms with Crippen molar-refractivity contribution in [1.82, 2.24) is 5.32 Å². The summed E-state index contributed by atoms with van der Waals surface area (Å²) in [5, 5.41) is 3.48. The number of hydrogen-bond acceptors (Lipinski definition) is 2. The molecule has 0 aromatic carbocycles. The van der Waals surface area contributed by atoms with E-state index in [1.165, 1.54) is 70.6 Å². The second kappa shape index (κ2) is 8.16. The minimum atomic E-state index is 0.470. The largest absolute Gasteiger partial charge is 0.376 e. The predicted molar refractivity (Wildman–Crippen MR) is 76.9 cm³/mol. The highest BCUT2D eigenvalue weighted by atomic mass is 16.5. The van der Waals surface area contributed by atoms with Crippen LogP contribution >= 0.6 is 0 Å². The van der Waals surface area contributed by atoms with Crippen LogP contribution in [0.2, 0.25) is 0 Å². The van der Waals surface area contributed by atoms with Crippen molar-refractivity contribution < 1.29 is 4.74 Å². The van der Waals surface area contributed by atoms with Crippen molar-refractivity contribution >= 4 is 0 Å². The summed E-state index contributed by atoms with van der Waals surface area (Å²) >= 11 is 0. The second-order valence-corrected chi connectivity index (χ2v) is 6.26. The molecule has 0 amide bonds. The van der Waals surface area contributed by atoms with Crippen molar-refractivity contribution in [2.75, 3.05) is 13.7 Å². The van der Waals surface area contributed by atoms with Gasteiger partial charge in [-0.2, -0.15) is 0 Å². The molecule has 2 saturated carbocycles. The van der Waals surface area contributed by atoms with Gasteiger partial charge in [-0.3, -0.25) is 0 Å². The Morgan fingerprint density at radius 2 is 1.44 bits per heavy atom.